The zero-order valence-electron chi connectivity index (χ0n) is 19.6. The van der Waals surface area contributed by atoms with Crippen molar-refractivity contribution in [3.63, 3.8) is 0 Å². The van der Waals surface area contributed by atoms with Crippen molar-refractivity contribution in [1.29, 1.82) is 0 Å². The monoisotopic (exact) mass is 537 g/mol. The summed E-state index contributed by atoms with van der Waals surface area (Å²) in [5.41, 5.74) is 1.83. The third kappa shape index (κ3) is 5.66. The summed E-state index contributed by atoms with van der Waals surface area (Å²) in [5.74, 6) is -2.13. The lowest BCUT2D eigenvalue weighted by Crippen LogP contribution is -2.32. The molecule has 3 amide bonds. The molecule has 0 radical (unpaired) electrons. The molecule has 1 heterocycles. The van der Waals surface area contributed by atoms with Gasteiger partial charge in [0.25, 0.3) is 17.7 Å². The molecule has 3 aromatic carbocycles. The molecular weight excluding hydrogens is 517 g/mol. The van der Waals surface area contributed by atoms with Gasteiger partial charge in [-0.25, -0.2) is 9.69 Å². The number of nitrogens with zero attached hydrogens (tertiary/aromatic N) is 1. The van der Waals surface area contributed by atoms with Crippen LogP contribution < -0.4 is 15.5 Å². The quantitative estimate of drug-likeness (QED) is 0.286. The smallest absolute Gasteiger partial charge is 0.338 e. The lowest BCUT2D eigenvalue weighted by atomic mass is 10.1. The Bertz CT molecular complexity index is 1400. The van der Waals surface area contributed by atoms with E-state index in [-0.39, 0.29) is 27.3 Å². The van der Waals surface area contributed by atoms with Crippen LogP contribution >= 0.6 is 23.2 Å². The molecule has 0 saturated heterocycles. The van der Waals surface area contributed by atoms with Crippen molar-refractivity contribution >= 4 is 64.0 Å². The number of para-hydroxylation sites is 1. The number of benzene rings is 3. The Labute approximate surface area is 222 Å². The number of carbonyl (C=O) groups is 4. The molecule has 188 valence electrons. The lowest BCUT2D eigenvalue weighted by molar-refractivity contribution is -0.120. The van der Waals surface area contributed by atoms with E-state index in [1.807, 2.05) is 6.92 Å². The lowest BCUT2D eigenvalue weighted by Gasteiger charge is -2.16. The predicted molar refractivity (Wildman–Crippen MR) is 142 cm³/mol. The minimum absolute atomic E-state index is 0.0960. The molecule has 1 aliphatic rings. The number of imide groups is 1. The van der Waals surface area contributed by atoms with Crippen LogP contribution in [0, 0.1) is 0 Å². The van der Waals surface area contributed by atoms with Crippen molar-refractivity contribution in [2.24, 2.45) is 0 Å². The average Bonchev–Trinajstić information content (AvgIpc) is 3.11. The predicted octanol–water partition coefficient (Wildman–Crippen LogP) is 5.59. The number of rotatable bonds is 8. The molecule has 0 spiro atoms. The SMILES string of the molecule is CCCOC(=O)c1ccc(NC(=O)c2ccc(NC3=C(Cl)C(=O)N(c4ccccc4Cl)C3=O)cc2)cc1. The maximum atomic E-state index is 12.9. The first-order valence-electron chi connectivity index (χ1n) is 11.3. The highest BCUT2D eigenvalue weighted by Gasteiger charge is 2.39. The number of hydrogen-bond donors (Lipinski definition) is 2. The second-order valence-electron chi connectivity index (χ2n) is 7.96. The van der Waals surface area contributed by atoms with E-state index in [0.717, 1.165) is 11.3 Å². The van der Waals surface area contributed by atoms with Crippen molar-refractivity contribution in [3.05, 3.63) is 99.7 Å². The van der Waals surface area contributed by atoms with Gasteiger partial charge in [0.05, 0.1) is 22.9 Å². The number of amides is 3. The Kier molecular flexibility index (Phi) is 7.91. The van der Waals surface area contributed by atoms with Gasteiger partial charge in [0.2, 0.25) is 0 Å². The molecular formula is C27H21Cl2N3O5. The standard InChI is InChI=1S/C27H21Cl2N3O5/c1-2-15-37-27(36)17-9-13-19(14-10-17)31-24(33)16-7-11-18(12-8-16)30-23-22(29)25(34)32(26(23)35)21-6-4-3-5-20(21)28/h3-14,30H,2,15H2,1H3,(H,31,33). The van der Waals surface area contributed by atoms with E-state index < -0.39 is 17.8 Å². The maximum Gasteiger partial charge on any atom is 0.338 e. The zero-order valence-corrected chi connectivity index (χ0v) is 21.1. The first-order chi connectivity index (χ1) is 17.8. The maximum absolute atomic E-state index is 12.9. The van der Waals surface area contributed by atoms with E-state index in [1.165, 1.54) is 0 Å². The summed E-state index contributed by atoms with van der Waals surface area (Å²) in [5, 5.41) is 5.57. The summed E-state index contributed by atoms with van der Waals surface area (Å²) in [6.45, 7) is 2.25. The van der Waals surface area contributed by atoms with Crippen molar-refractivity contribution in [1.82, 2.24) is 0 Å². The third-order valence-corrected chi connectivity index (χ3v) is 6.02. The first-order valence-corrected chi connectivity index (χ1v) is 12.0. The second kappa shape index (κ2) is 11.3. The van der Waals surface area contributed by atoms with Gasteiger partial charge in [-0.2, -0.15) is 0 Å². The van der Waals surface area contributed by atoms with E-state index >= 15 is 0 Å². The zero-order chi connectivity index (χ0) is 26.5. The van der Waals surface area contributed by atoms with Crippen molar-refractivity contribution < 1.29 is 23.9 Å². The van der Waals surface area contributed by atoms with Gasteiger partial charge in [-0.05, 0) is 67.1 Å². The molecule has 0 fully saturated rings. The number of esters is 1. The molecule has 2 N–H and O–H groups in total. The number of ether oxygens (including phenoxy) is 1. The third-order valence-electron chi connectivity index (χ3n) is 5.35. The Morgan fingerprint density at radius 2 is 1.46 bits per heavy atom. The Balaban J connectivity index is 1.41. The van der Waals surface area contributed by atoms with Crippen LogP contribution in [0.2, 0.25) is 5.02 Å². The van der Waals surface area contributed by atoms with Gasteiger partial charge in [-0.1, -0.05) is 42.3 Å². The van der Waals surface area contributed by atoms with Crippen LogP contribution in [-0.2, 0) is 14.3 Å². The molecule has 37 heavy (non-hydrogen) atoms. The number of carbonyl (C=O) groups excluding carboxylic acids is 4. The van der Waals surface area contributed by atoms with Crippen LogP contribution in [0.5, 0.6) is 0 Å². The fraction of sp³-hybridized carbons (Fsp3) is 0.111. The first kappa shape index (κ1) is 25.9. The second-order valence-corrected chi connectivity index (χ2v) is 8.74. The van der Waals surface area contributed by atoms with Crippen LogP contribution in [-0.4, -0.2) is 30.3 Å². The molecule has 0 aliphatic carbocycles. The fourth-order valence-electron chi connectivity index (χ4n) is 3.48. The molecule has 3 aromatic rings. The minimum atomic E-state index is -0.692. The summed E-state index contributed by atoms with van der Waals surface area (Å²) < 4.78 is 5.09. The number of hydrogen-bond acceptors (Lipinski definition) is 6. The molecule has 0 aromatic heterocycles. The van der Waals surface area contributed by atoms with Crippen LogP contribution in [0.15, 0.2) is 83.5 Å². The molecule has 0 unspecified atom stereocenters. The van der Waals surface area contributed by atoms with Gasteiger partial charge < -0.3 is 15.4 Å². The number of nitrogens with one attached hydrogen (secondary N) is 2. The van der Waals surface area contributed by atoms with Gasteiger partial charge in [0, 0.05) is 16.9 Å². The van der Waals surface area contributed by atoms with Crippen LogP contribution in [0.4, 0.5) is 17.1 Å². The normalized spacial score (nSPS) is 13.1. The summed E-state index contributed by atoms with van der Waals surface area (Å²) >= 11 is 12.3. The number of anilines is 3. The van der Waals surface area contributed by atoms with Gasteiger partial charge in [0.15, 0.2) is 0 Å². The van der Waals surface area contributed by atoms with Crippen LogP contribution in [0.25, 0.3) is 0 Å². The highest BCUT2D eigenvalue weighted by molar-refractivity contribution is 6.53. The molecule has 0 atom stereocenters. The molecule has 1 aliphatic heterocycles. The Morgan fingerprint density at radius 1 is 0.838 bits per heavy atom. The van der Waals surface area contributed by atoms with E-state index in [2.05, 4.69) is 10.6 Å². The topological polar surface area (TPSA) is 105 Å². The van der Waals surface area contributed by atoms with E-state index in [0.29, 0.717) is 29.1 Å². The number of halogens is 2. The molecule has 10 heteroatoms. The highest BCUT2D eigenvalue weighted by Crippen LogP contribution is 2.34. The average molecular weight is 538 g/mol. The summed E-state index contributed by atoms with van der Waals surface area (Å²) in [6.07, 6.45) is 0.730. The summed E-state index contributed by atoms with van der Waals surface area (Å²) in [7, 11) is 0. The summed E-state index contributed by atoms with van der Waals surface area (Å²) in [4.78, 5) is 51.0. The van der Waals surface area contributed by atoms with E-state index in [1.54, 1.807) is 72.8 Å². The minimum Gasteiger partial charge on any atom is -0.462 e. The van der Waals surface area contributed by atoms with Crippen LogP contribution in [0.3, 0.4) is 0 Å². The van der Waals surface area contributed by atoms with Crippen molar-refractivity contribution in [2.75, 3.05) is 22.1 Å². The van der Waals surface area contributed by atoms with Crippen molar-refractivity contribution in [3.8, 4) is 0 Å². The Morgan fingerprint density at radius 3 is 2.11 bits per heavy atom. The molecule has 8 nitrogen and oxygen atoms in total. The van der Waals surface area contributed by atoms with Gasteiger partial charge in [-0.3, -0.25) is 14.4 Å². The van der Waals surface area contributed by atoms with Gasteiger partial charge in [0.1, 0.15) is 10.7 Å². The van der Waals surface area contributed by atoms with E-state index in [9.17, 15) is 19.2 Å². The van der Waals surface area contributed by atoms with E-state index in [4.69, 9.17) is 27.9 Å². The molecule has 4 rings (SSSR count). The summed E-state index contributed by atoms with van der Waals surface area (Å²) in [6, 6.07) is 19.1. The Hall–Kier alpha value is -4.14. The van der Waals surface area contributed by atoms with Gasteiger partial charge >= 0.3 is 5.97 Å². The van der Waals surface area contributed by atoms with Crippen LogP contribution in [0.1, 0.15) is 34.1 Å². The fourth-order valence-corrected chi connectivity index (χ4v) is 3.92. The highest BCUT2D eigenvalue weighted by atomic mass is 35.5. The van der Waals surface area contributed by atoms with Crippen molar-refractivity contribution in [2.45, 2.75) is 13.3 Å². The largest absolute Gasteiger partial charge is 0.462 e. The molecule has 0 saturated carbocycles. The molecule has 0 bridgehead atoms. The van der Waals surface area contributed by atoms with Gasteiger partial charge in [-0.15, -0.1) is 0 Å².